The van der Waals surface area contributed by atoms with Crippen molar-refractivity contribution in [2.75, 3.05) is 0 Å². The van der Waals surface area contributed by atoms with Crippen molar-refractivity contribution < 1.29 is 19.5 Å². The molecule has 231 valence electrons. The van der Waals surface area contributed by atoms with E-state index in [9.17, 15) is 0 Å². The standard InChI is InChI=1S/C24H20B.C10H15.C9H12.Ru/c1-5-13-21(14-6-1)25(22-15-7-2-8-16-22,23-17-9-3-10-18-23)24-19-11-4-12-20-24;1-6-7(2)9(4)10(5)8(6)3;1-2-6-9-7-4-3-5-8-9;/h1-20H;1-5H3;3-5,7-8H,2,6H2,1H3;/q2*-1;;+1. The number of benzene rings is 5. The van der Waals surface area contributed by atoms with Crippen LogP contribution < -0.4 is 21.9 Å². The molecule has 0 atom stereocenters. The van der Waals surface area contributed by atoms with Gasteiger partial charge in [0.05, 0.1) is 0 Å². The molecule has 0 saturated carbocycles. The summed E-state index contributed by atoms with van der Waals surface area (Å²) in [6.45, 7) is 13.2. The molecule has 0 nitrogen and oxygen atoms in total. The van der Waals surface area contributed by atoms with Gasteiger partial charge in [0.25, 0.3) is 0 Å². The van der Waals surface area contributed by atoms with Crippen LogP contribution in [0, 0.1) is 34.6 Å². The topological polar surface area (TPSA) is 0 Å². The number of hydrogen-bond donors (Lipinski definition) is 0. The summed E-state index contributed by atoms with van der Waals surface area (Å²) in [7, 11) is 0. The van der Waals surface area contributed by atoms with Crippen molar-refractivity contribution in [1.29, 1.82) is 0 Å². The fourth-order valence-electron chi connectivity index (χ4n) is 6.46. The van der Waals surface area contributed by atoms with Gasteiger partial charge in [-0.25, -0.2) is 0 Å². The largest absolute Gasteiger partial charge is 1.00 e. The zero-order valence-electron chi connectivity index (χ0n) is 27.8. The third kappa shape index (κ3) is 8.45. The van der Waals surface area contributed by atoms with Crippen LogP contribution in [0.2, 0.25) is 0 Å². The van der Waals surface area contributed by atoms with Gasteiger partial charge in [-0.1, -0.05) is 200 Å². The predicted octanol–water partition coefficient (Wildman–Crippen LogP) is 8.65. The van der Waals surface area contributed by atoms with E-state index in [0.29, 0.717) is 0 Å². The van der Waals surface area contributed by atoms with E-state index in [1.54, 1.807) is 0 Å². The molecule has 0 N–H and O–H groups in total. The minimum atomic E-state index is -1.22. The first-order valence-corrected chi connectivity index (χ1v) is 16.0. The van der Waals surface area contributed by atoms with Gasteiger partial charge in [-0.15, -0.1) is 0 Å². The average molecular weight is 676 g/mol. The quantitative estimate of drug-likeness (QED) is 0.123. The van der Waals surface area contributed by atoms with Gasteiger partial charge in [-0.2, -0.15) is 49.7 Å². The van der Waals surface area contributed by atoms with Gasteiger partial charge in [0.1, 0.15) is 6.15 Å². The molecule has 0 aromatic heterocycles. The molecule has 0 aliphatic carbocycles. The van der Waals surface area contributed by atoms with Crippen molar-refractivity contribution in [3.63, 3.8) is 0 Å². The van der Waals surface area contributed by atoms with Crippen LogP contribution in [0.15, 0.2) is 152 Å². The van der Waals surface area contributed by atoms with E-state index in [-0.39, 0.29) is 19.5 Å². The Morgan fingerprint density at radius 3 is 0.933 bits per heavy atom. The van der Waals surface area contributed by atoms with Crippen molar-refractivity contribution in [2.45, 2.75) is 54.4 Å². The Bertz CT molecular complexity index is 1430. The van der Waals surface area contributed by atoms with Crippen molar-refractivity contribution in [1.82, 2.24) is 0 Å². The second-order valence-corrected chi connectivity index (χ2v) is 11.9. The van der Waals surface area contributed by atoms with Crippen molar-refractivity contribution >= 4 is 28.0 Å². The number of aryl methyl sites for hydroxylation is 1. The molecule has 0 aliphatic heterocycles. The van der Waals surface area contributed by atoms with E-state index < -0.39 is 6.15 Å². The van der Waals surface area contributed by atoms with Crippen LogP contribution >= 0.6 is 0 Å². The third-order valence-electron chi connectivity index (χ3n) is 9.39. The molecule has 0 unspecified atom stereocenters. The van der Waals surface area contributed by atoms with Crippen molar-refractivity contribution in [3.8, 4) is 0 Å². The second-order valence-electron chi connectivity index (χ2n) is 11.9. The fraction of sp³-hybridized carbons (Fsp3) is 0.186. The van der Waals surface area contributed by atoms with Gasteiger partial charge in [0, 0.05) is 0 Å². The summed E-state index contributed by atoms with van der Waals surface area (Å²) in [5, 5.41) is 0. The van der Waals surface area contributed by atoms with Gasteiger partial charge in [0.15, 0.2) is 0 Å². The Balaban J connectivity index is 0.000000227. The summed E-state index contributed by atoms with van der Waals surface area (Å²) in [5.41, 5.74) is 14.1. The molecular weight excluding hydrogens is 628 g/mol. The third-order valence-corrected chi connectivity index (χ3v) is 9.39. The van der Waals surface area contributed by atoms with E-state index in [2.05, 4.69) is 193 Å². The first-order valence-electron chi connectivity index (χ1n) is 16.0. The van der Waals surface area contributed by atoms with Crippen molar-refractivity contribution in [3.05, 3.63) is 185 Å². The van der Waals surface area contributed by atoms with Crippen LogP contribution in [-0.2, 0) is 25.9 Å². The summed E-state index contributed by atoms with van der Waals surface area (Å²) in [6, 6.07) is 54.1. The molecule has 45 heavy (non-hydrogen) atoms. The molecule has 0 saturated heterocycles. The van der Waals surface area contributed by atoms with Crippen LogP contribution in [0.5, 0.6) is 0 Å². The SMILES string of the molecule is CCCc1ccccc1.Cc1c(C)c(C)[c-](C)c1C.[Ru+].c1ccc([B-](c2ccccc2)(c2ccccc2)c2ccccc2)cc1. The Kier molecular flexibility index (Phi) is 13.9. The van der Waals surface area contributed by atoms with Crippen molar-refractivity contribution in [2.24, 2.45) is 0 Å². The molecule has 0 aliphatic rings. The molecule has 0 amide bonds. The summed E-state index contributed by atoms with van der Waals surface area (Å²) < 4.78 is 0. The van der Waals surface area contributed by atoms with Crippen LogP contribution in [0.4, 0.5) is 0 Å². The van der Waals surface area contributed by atoms with E-state index in [0.717, 1.165) is 0 Å². The van der Waals surface area contributed by atoms with Crippen LogP contribution in [-0.4, -0.2) is 6.15 Å². The van der Waals surface area contributed by atoms with E-state index in [4.69, 9.17) is 0 Å². The summed E-state index contributed by atoms with van der Waals surface area (Å²) in [5.74, 6) is 0. The first-order chi connectivity index (χ1) is 21.4. The number of hydrogen-bond acceptors (Lipinski definition) is 0. The Hall–Kier alpha value is -3.86. The van der Waals surface area contributed by atoms with Gasteiger partial charge < -0.3 is 0 Å². The second kappa shape index (κ2) is 17.6. The summed E-state index contributed by atoms with van der Waals surface area (Å²) >= 11 is 0. The molecule has 6 rings (SSSR count). The Morgan fingerprint density at radius 1 is 0.444 bits per heavy atom. The average Bonchev–Trinajstić information content (AvgIpc) is 3.26. The van der Waals surface area contributed by atoms with Crippen LogP contribution in [0.1, 0.15) is 46.7 Å². The maximum atomic E-state index is 2.26. The minimum absolute atomic E-state index is 0. The summed E-state index contributed by atoms with van der Waals surface area (Å²) in [4.78, 5) is 0. The molecular formula is C43H47BRu-. The van der Waals surface area contributed by atoms with Gasteiger partial charge in [-0.05, 0) is 12.0 Å². The smallest absolute Gasteiger partial charge is 0.196 e. The molecule has 6 aromatic rings. The van der Waals surface area contributed by atoms with Crippen LogP contribution in [0.25, 0.3) is 0 Å². The Labute approximate surface area is 285 Å². The maximum Gasteiger partial charge on any atom is 1.00 e. The molecule has 1 radical (unpaired) electrons. The fourth-order valence-corrected chi connectivity index (χ4v) is 6.46. The number of rotatable bonds is 6. The maximum absolute atomic E-state index is 2.26. The predicted molar refractivity (Wildman–Crippen MR) is 196 cm³/mol. The molecule has 0 fully saturated rings. The minimum Gasteiger partial charge on any atom is -0.196 e. The Morgan fingerprint density at radius 2 is 0.711 bits per heavy atom. The zero-order chi connectivity index (χ0) is 31.4. The van der Waals surface area contributed by atoms with E-state index >= 15 is 0 Å². The molecule has 0 bridgehead atoms. The molecule has 6 aromatic carbocycles. The van der Waals surface area contributed by atoms with E-state index in [1.165, 1.54) is 68.1 Å². The zero-order valence-corrected chi connectivity index (χ0v) is 29.5. The molecule has 0 heterocycles. The van der Waals surface area contributed by atoms with Gasteiger partial charge in [-0.3, -0.25) is 0 Å². The normalized spacial score (nSPS) is 10.4. The monoisotopic (exact) mass is 676 g/mol. The molecule has 0 spiro atoms. The van der Waals surface area contributed by atoms with Gasteiger partial charge in [0.2, 0.25) is 0 Å². The van der Waals surface area contributed by atoms with Crippen LogP contribution in [0.3, 0.4) is 0 Å². The van der Waals surface area contributed by atoms with Gasteiger partial charge >= 0.3 is 19.5 Å². The molecule has 2 heteroatoms. The first kappa shape index (κ1) is 35.6. The van der Waals surface area contributed by atoms with E-state index in [1.807, 2.05) is 0 Å². The summed E-state index contributed by atoms with van der Waals surface area (Å²) in [6.07, 6.45) is 1.23.